The topological polar surface area (TPSA) is 46.3 Å². The van der Waals surface area contributed by atoms with E-state index in [2.05, 4.69) is 53.4 Å². The van der Waals surface area contributed by atoms with Crippen LogP contribution in [0.15, 0.2) is 60.7 Å². The summed E-state index contributed by atoms with van der Waals surface area (Å²) >= 11 is 0. The van der Waals surface area contributed by atoms with Crippen LogP contribution in [0.3, 0.4) is 0 Å². The summed E-state index contributed by atoms with van der Waals surface area (Å²) in [5, 5.41) is 0. The predicted molar refractivity (Wildman–Crippen MR) is 85.4 cm³/mol. The highest BCUT2D eigenvalue weighted by molar-refractivity contribution is 5.73. The van der Waals surface area contributed by atoms with Crippen molar-refractivity contribution >= 4 is 5.91 Å². The summed E-state index contributed by atoms with van der Waals surface area (Å²) in [6, 6.07) is 20.8. The molecule has 0 saturated heterocycles. The van der Waals surface area contributed by atoms with Crippen molar-refractivity contribution in [3.63, 3.8) is 0 Å². The molecule has 0 spiro atoms. The van der Waals surface area contributed by atoms with Crippen molar-refractivity contribution in [2.45, 2.75) is 25.9 Å². The lowest BCUT2D eigenvalue weighted by atomic mass is 10.1. The third-order valence-corrected chi connectivity index (χ3v) is 3.40. The first-order valence-corrected chi connectivity index (χ1v) is 7.32. The molecule has 2 aromatic rings. The SMILES string of the molecule is NC(=O)CCCN(Cc1ccccc1)Cc1ccccc1. The number of hydrogen-bond acceptors (Lipinski definition) is 2. The van der Waals surface area contributed by atoms with E-state index in [1.807, 2.05) is 12.1 Å². The van der Waals surface area contributed by atoms with E-state index in [0.717, 1.165) is 26.1 Å². The maximum absolute atomic E-state index is 10.9. The molecule has 3 nitrogen and oxygen atoms in total. The minimum absolute atomic E-state index is 0.227. The summed E-state index contributed by atoms with van der Waals surface area (Å²) in [7, 11) is 0. The third-order valence-electron chi connectivity index (χ3n) is 3.40. The molecule has 1 amide bonds. The Kier molecular flexibility index (Phi) is 5.98. The number of rotatable bonds is 8. The summed E-state index contributed by atoms with van der Waals surface area (Å²) in [6.45, 7) is 2.63. The van der Waals surface area contributed by atoms with Crippen molar-refractivity contribution in [2.75, 3.05) is 6.54 Å². The molecule has 0 bridgehead atoms. The van der Waals surface area contributed by atoms with Gasteiger partial charge in [0.15, 0.2) is 0 Å². The maximum atomic E-state index is 10.9. The van der Waals surface area contributed by atoms with Gasteiger partial charge in [0.2, 0.25) is 5.91 Å². The first kappa shape index (κ1) is 15.3. The van der Waals surface area contributed by atoms with Crippen LogP contribution in [0.5, 0.6) is 0 Å². The number of amides is 1. The van der Waals surface area contributed by atoms with Crippen LogP contribution in [-0.2, 0) is 17.9 Å². The van der Waals surface area contributed by atoms with Gasteiger partial charge in [-0.15, -0.1) is 0 Å². The molecule has 110 valence electrons. The van der Waals surface area contributed by atoms with Crippen molar-refractivity contribution in [1.29, 1.82) is 0 Å². The van der Waals surface area contributed by atoms with Crippen LogP contribution in [0.4, 0.5) is 0 Å². The minimum Gasteiger partial charge on any atom is -0.370 e. The van der Waals surface area contributed by atoms with Crippen LogP contribution >= 0.6 is 0 Å². The first-order chi connectivity index (χ1) is 10.2. The highest BCUT2D eigenvalue weighted by Crippen LogP contribution is 2.11. The van der Waals surface area contributed by atoms with Crippen molar-refractivity contribution in [2.24, 2.45) is 5.73 Å². The monoisotopic (exact) mass is 282 g/mol. The zero-order valence-corrected chi connectivity index (χ0v) is 12.2. The molecule has 0 unspecified atom stereocenters. The van der Waals surface area contributed by atoms with Crippen molar-refractivity contribution in [3.8, 4) is 0 Å². The standard InChI is InChI=1S/C18H22N2O/c19-18(21)12-7-13-20(14-16-8-3-1-4-9-16)15-17-10-5-2-6-11-17/h1-6,8-11H,7,12-15H2,(H2,19,21). The lowest BCUT2D eigenvalue weighted by Gasteiger charge is -2.22. The van der Waals surface area contributed by atoms with Gasteiger partial charge in [-0.05, 0) is 24.1 Å². The second kappa shape index (κ2) is 8.22. The maximum Gasteiger partial charge on any atom is 0.217 e. The number of nitrogens with zero attached hydrogens (tertiary/aromatic N) is 1. The molecule has 0 fully saturated rings. The quantitative estimate of drug-likeness (QED) is 0.809. The van der Waals surface area contributed by atoms with Crippen LogP contribution in [-0.4, -0.2) is 17.4 Å². The molecule has 0 aliphatic rings. The van der Waals surface area contributed by atoms with Gasteiger partial charge in [-0.2, -0.15) is 0 Å². The molecule has 2 N–H and O–H groups in total. The van der Waals surface area contributed by atoms with Crippen LogP contribution in [0.1, 0.15) is 24.0 Å². The van der Waals surface area contributed by atoms with Gasteiger partial charge in [0.05, 0.1) is 0 Å². The van der Waals surface area contributed by atoms with Crippen LogP contribution < -0.4 is 5.73 Å². The Labute approximate surface area is 126 Å². The molecule has 0 atom stereocenters. The fourth-order valence-corrected chi connectivity index (χ4v) is 2.37. The van der Waals surface area contributed by atoms with E-state index >= 15 is 0 Å². The summed E-state index contributed by atoms with van der Waals surface area (Å²) in [5.74, 6) is -0.227. The fraction of sp³-hybridized carbons (Fsp3) is 0.278. The highest BCUT2D eigenvalue weighted by Gasteiger charge is 2.07. The highest BCUT2D eigenvalue weighted by atomic mass is 16.1. The summed E-state index contributed by atoms with van der Waals surface area (Å²) in [5.41, 5.74) is 7.80. The molecule has 0 heterocycles. The molecule has 0 aliphatic carbocycles. The van der Waals surface area contributed by atoms with Gasteiger partial charge in [-0.3, -0.25) is 9.69 Å². The van der Waals surface area contributed by atoms with Crippen molar-refractivity contribution in [3.05, 3.63) is 71.8 Å². The zero-order valence-electron chi connectivity index (χ0n) is 12.2. The van der Waals surface area contributed by atoms with E-state index in [9.17, 15) is 4.79 Å². The molecule has 3 heteroatoms. The molecule has 0 aromatic heterocycles. The third kappa shape index (κ3) is 5.79. The van der Waals surface area contributed by atoms with Gasteiger partial charge in [0.1, 0.15) is 0 Å². The number of primary amides is 1. The molecule has 0 aliphatic heterocycles. The Balaban J connectivity index is 1.97. The van der Waals surface area contributed by atoms with Gasteiger partial charge in [0.25, 0.3) is 0 Å². The average molecular weight is 282 g/mol. The van der Waals surface area contributed by atoms with Crippen molar-refractivity contribution in [1.82, 2.24) is 4.90 Å². The van der Waals surface area contributed by atoms with Crippen LogP contribution in [0.2, 0.25) is 0 Å². The Morgan fingerprint density at radius 1 is 0.857 bits per heavy atom. The molecule has 0 radical (unpaired) electrons. The van der Waals surface area contributed by atoms with Gasteiger partial charge >= 0.3 is 0 Å². The number of benzene rings is 2. The van der Waals surface area contributed by atoms with Gasteiger partial charge in [-0.1, -0.05) is 60.7 Å². The molecule has 2 rings (SSSR count). The Morgan fingerprint density at radius 2 is 1.33 bits per heavy atom. The van der Waals surface area contributed by atoms with E-state index in [-0.39, 0.29) is 5.91 Å². The number of carbonyl (C=O) groups is 1. The summed E-state index contributed by atoms with van der Waals surface area (Å²) in [6.07, 6.45) is 1.25. The lowest BCUT2D eigenvalue weighted by molar-refractivity contribution is -0.118. The summed E-state index contributed by atoms with van der Waals surface area (Å²) in [4.78, 5) is 13.3. The molecular formula is C18H22N2O. The van der Waals surface area contributed by atoms with Gasteiger partial charge < -0.3 is 5.73 Å². The fourth-order valence-electron chi connectivity index (χ4n) is 2.37. The zero-order chi connectivity index (χ0) is 14.9. The van der Waals surface area contributed by atoms with Crippen LogP contribution in [0.25, 0.3) is 0 Å². The second-order valence-electron chi connectivity index (χ2n) is 5.25. The number of nitrogens with two attached hydrogens (primary N) is 1. The Hall–Kier alpha value is -2.13. The normalized spacial score (nSPS) is 10.7. The molecular weight excluding hydrogens is 260 g/mol. The smallest absolute Gasteiger partial charge is 0.217 e. The Morgan fingerprint density at radius 3 is 1.76 bits per heavy atom. The van der Waals surface area contributed by atoms with Crippen molar-refractivity contribution < 1.29 is 4.79 Å². The number of carbonyl (C=O) groups excluding carboxylic acids is 1. The predicted octanol–water partition coefficient (Wildman–Crippen LogP) is 2.95. The second-order valence-corrected chi connectivity index (χ2v) is 5.25. The minimum atomic E-state index is -0.227. The van der Waals surface area contributed by atoms with E-state index in [0.29, 0.717) is 6.42 Å². The number of hydrogen-bond donors (Lipinski definition) is 1. The van der Waals surface area contributed by atoms with Gasteiger partial charge in [0, 0.05) is 19.5 Å². The van der Waals surface area contributed by atoms with E-state index in [1.165, 1.54) is 11.1 Å². The van der Waals surface area contributed by atoms with E-state index in [1.54, 1.807) is 0 Å². The molecule has 2 aromatic carbocycles. The van der Waals surface area contributed by atoms with E-state index < -0.39 is 0 Å². The van der Waals surface area contributed by atoms with E-state index in [4.69, 9.17) is 5.73 Å². The Bertz CT molecular complexity index is 498. The van der Waals surface area contributed by atoms with Gasteiger partial charge in [-0.25, -0.2) is 0 Å². The lowest BCUT2D eigenvalue weighted by Crippen LogP contribution is -2.25. The molecule has 0 saturated carbocycles. The largest absolute Gasteiger partial charge is 0.370 e. The summed E-state index contributed by atoms with van der Waals surface area (Å²) < 4.78 is 0. The average Bonchev–Trinajstić information content (AvgIpc) is 2.49. The van der Waals surface area contributed by atoms with Crippen LogP contribution in [0, 0.1) is 0 Å². The molecule has 21 heavy (non-hydrogen) atoms. The first-order valence-electron chi connectivity index (χ1n) is 7.32.